The van der Waals surface area contributed by atoms with Gasteiger partial charge in [-0.3, -0.25) is 4.79 Å². The number of carbonyl (C=O) groups is 2. The standard InChI is InChI=1S/C23H32N4O3/c1-17-7-8-19(14-18(17)2)24-23(29)26(12-13-30-4)16-22(28)27(20-9-10-20)15-21-6-5-11-25(21)3/h5-8,11,14,20H,9-10,12-13,15-16H2,1-4H3,(H,24,29). The normalized spacial score (nSPS) is 13.2. The van der Waals surface area contributed by atoms with Crippen LogP contribution in [0.1, 0.15) is 29.7 Å². The van der Waals surface area contributed by atoms with Gasteiger partial charge in [0.2, 0.25) is 5.91 Å². The number of carbonyl (C=O) groups excluding carboxylic acids is 2. The highest BCUT2D eigenvalue weighted by molar-refractivity contribution is 5.92. The molecule has 0 spiro atoms. The summed E-state index contributed by atoms with van der Waals surface area (Å²) in [6, 6.07) is 9.77. The molecular weight excluding hydrogens is 380 g/mol. The molecule has 0 atom stereocenters. The summed E-state index contributed by atoms with van der Waals surface area (Å²) in [7, 11) is 3.57. The lowest BCUT2D eigenvalue weighted by Crippen LogP contribution is -2.46. The Morgan fingerprint density at radius 2 is 1.97 bits per heavy atom. The van der Waals surface area contributed by atoms with E-state index in [0.29, 0.717) is 19.7 Å². The topological polar surface area (TPSA) is 66.8 Å². The second-order valence-electron chi connectivity index (χ2n) is 8.01. The molecule has 1 aliphatic carbocycles. The van der Waals surface area contributed by atoms with Gasteiger partial charge in [-0.1, -0.05) is 6.07 Å². The molecule has 1 heterocycles. The molecule has 0 aliphatic heterocycles. The van der Waals surface area contributed by atoms with Gasteiger partial charge in [0.25, 0.3) is 0 Å². The third kappa shape index (κ3) is 5.63. The van der Waals surface area contributed by atoms with Crippen LogP contribution < -0.4 is 5.32 Å². The van der Waals surface area contributed by atoms with Crippen LogP contribution >= 0.6 is 0 Å². The van der Waals surface area contributed by atoms with Crippen LogP contribution in [-0.2, 0) is 23.1 Å². The van der Waals surface area contributed by atoms with Crippen LogP contribution in [0.5, 0.6) is 0 Å². The predicted octanol–water partition coefficient (Wildman–Crippen LogP) is 3.31. The fourth-order valence-electron chi connectivity index (χ4n) is 3.37. The van der Waals surface area contributed by atoms with Gasteiger partial charge in [-0.05, 0) is 62.1 Å². The number of hydrogen-bond donors (Lipinski definition) is 1. The number of nitrogens with one attached hydrogen (secondary N) is 1. The molecular formula is C23H32N4O3. The summed E-state index contributed by atoms with van der Waals surface area (Å²) in [5, 5.41) is 2.92. The molecule has 7 heteroatoms. The average Bonchev–Trinajstić information content (AvgIpc) is 3.47. The summed E-state index contributed by atoms with van der Waals surface area (Å²) >= 11 is 0. The van der Waals surface area contributed by atoms with Crippen molar-refractivity contribution in [1.29, 1.82) is 0 Å². The first-order valence-electron chi connectivity index (χ1n) is 10.4. The van der Waals surface area contributed by atoms with E-state index in [2.05, 4.69) is 5.32 Å². The number of benzene rings is 1. The Kier molecular flexibility index (Phi) is 7.15. The first kappa shape index (κ1) is 21.9. The number of ether oxygens (including phenoxy) is 1. The molecule has 0 saturated heterocycles. The Morgan fingerprint density at radius 3 is 2.57 bits per heavy atom. The van der Waals surface area contributed by atoms with Crippen LogP contribution in [0.15, 0.2) is 36.5 Å². The largest absolute Gasteiger partial charge is 0.383 e. The summed E-state index contributed by atoms with van der Waals surface area (Å²) in [5.41, 5.74) is 4.08. The number of urea groups is 1. The number of nitrogens with zero attached hydrogens (tertiary/aromatic N) is 3. The minimum atomic E-state index is -0.293. The van der Waals surface area contributed by atoms with Crippen molar-refractivity contribution in [3.8, 4) is 0 Å². The zero-order valence-corrected chi connectivity index (χ0v) is 18.4. The first-order chi connectivity index (χ1) is 14.4. The maximum atomic E-state index is 13.1. The van der Waals surface area contributed by atoms with E-state index in [1.807, 2.05) is 66.9 Å². The molecule has 162 valence electrons. The smallest absolute Gasteiger partial charge is 0.322 e. The zero-order valence-electron chi connectivity index (χ0n) is 18.4. The number of rotatable bonds is 9. The van der Waals surface area contributed by atoms with Crippen LogP contribution in [0, 0.1) is 13.8 Å². The van der Waals surface area contributed by atoms with Gasteiger partial charge in [-0.25, -0.2) is 4.79 Å². The minimum absolute atomic E-state index is 0.0287. The molecule has 2 aromatic rings. The number of hydrogen-bond acceptors (Lipinski definition) is 3. The monoisotopic (exact) mass is 412 g/mol. The highest BCUT2D eigenvalue weighted by atomic mass is 16.5. The van der Waals surface area contributed by atoms with E-state index in [-0.39, 0.29) is 24.5 Å². The highest BCUT2D eigenvalue weighted by Gasteiger charge is 2.34. The van der Waals surface area contributed by atoms with E-state index in [9.17, 15) is 9.59 Å². The Morgan fingerprint density at radius 1 is 1.20 bits per heavy atom. The quantitative estimate of drug-likeness (QED) is 0.687. The molecule has 3 amide bonds. The van der Waals surface area contributed by atoms with E-state index in [0.717, 1.165) is 29.8 Å². The van der Waals surface area contributed by atoms with Gasteiger partial charge in [-0.2, -0.15) is 0 Å². The number of methoxy groups -OCH3 is 1. The molecule has 0 bridgehead atoms. The molecule has 0 radical (unpaired) electrons. The maximum Gasteiger partial charge on any atom is 0.322 e. The summed E-state index contributed by atoms with van der Waals surface area (Å²) in [6.45, 7) is 5.35. The first-order valence-corrected chi connectivity index (χ1v) is 10.4. The second-order valence-corrected chi connectivity index (χ2v) is 8.01. The number of amides is 3. The SMILES string of the molecule is COCCN(CC(=O)N(Cc1cccn1C)C1CC1)C(=O)Nc1ccc(C)c(C)c1. The van der Waals surface area contributed by atoms with E-state index in [1.54, 1.807) is 7.11 Å². The van der Waals surface area contributed by atoms with Crippen molar-refractivity contribution in [3.63, 3.8) is 0 Å². The molecule has 1 N–H and O–H groups in total. The summed E-state index contributed by atoms with van der Waals surface area (Å²) < 4.78 is 7.19. The fourth-order valence-corrected chi connectivity index (χ4v) is 3.37. The summed E-state index contributed by atoms with van der Waals surface area (Å²) in [5.74, 6) is -0.0370. The summed E-state index contributed by atoms with van der Waals surface area (Å²) in [4.78, 5) is 29.5. The average molecular weight is 413 g/mol. The van der Waals surface area contributed by atoms with Crippen molar-refractivity contribution in [2.75, 3.05) is 32.1 Å². The van der Waals surface area contributed by atoms with Crippen LogP contribution in [0.2, 0.25) is 0 Å². The summed E-state index contributed by atoms with van der Waals surface area (Å²) in [6.07, 6.45) is 4.01. The third-order valence-electron chi connectivity index (χ3n) is 5.63. The molecule has 1 saturated carbocycles. The van der Waals surface area contributed by atoms with Crippen molar-refractivity contribution >= 4 is 17.6 Å². The highest BCUT2D eigenvalue weighted by Crippen LogP contribution is 2.28. The molecule has 1 fully saturated rings. The van der Waals surface area contributed by atoms with Crippen LogP contribution in [0.25, 0.3) is 0 Å². The number of aryl methyl sites for hydroxylation is 3. The Labute approximate surface area is 178 Å². The van der Waals surface area contributed by atoms with Gasteiger partial charge in [0.1, 0.15) is 6.54 Å². The number of aromatic nitrogens is 1. The Balaban J connectivity index is 1.68. The predicted molar refractivity (Wildman–Crippen MR) is 117 cm³/mol. The van der Waals surface area contributed by atoms with E-state index in [1.165, 1.54) is 10.5 Å². The van der Waals surface area contributed by atoms with Crippen molar-refractivity contribution < 1.29 is 14.3 Å². The van der Waals surface area contributed by atoms with E-state index < -0.39 is 0 Å². The van der Waals surface area contributed by atoms with Gasteiger partial charge < -0.3 is 24.4 Å². The van der Waals surface area contributed by atoms with Gasteiger partial charge in [0, 0.05) is 44.3 Å². The van der Waals surface area contributed by atoms with Crippen LogP contribution in [-0.4, -0.2) is 59.2 Å². The molecule has 1 aromatic heterocycles. The lowest BCUT2D eigenvalue weighted by molar-refractivity contribution is -0.133. The zero-order chi connectivity index (χ0) is 21.7. The molecule has 30 heavy (non-hydrogen) atoms. The lowest BCUT2D eigenvalue weighted by Gasteiger charge is -2.28. The Bertz CT molecular complexity index is 888. The van der Waals surface area contributed by atoms with E-state index >= 15 is 0 Å². The lowest BCUT2D eigenvalue weighted by atomic mass is 10.1. The molecule has 7 nitrogen and oxygen atoms in total. The second kappa shape index (κ2) is 9.80. The van der Waals surface area contributed by atoms with Crippen LogP contribution in [0.3, 0.4) is 0 Å². The van der Waals surface area contributed by atoms with Gasteiger partial charge in [0.15, 0.2) is 0 Å². The van der Waals surface area contributed by atoms with Crippen molar-refractivity contribution in [3.05, 3.63) is 53.3 Å². The number of anilines is 1. The van der Waals surface area contributed by atoms with Crippen molar-refractivity contribution in [1.82, 2.24) is 14.4 Å². The Hall–Kier alpha value is -2.80. The third-order valence-corrected chi connectivity index (χ3v) is 5.63. The van der Waals surface area contributed by atoms with Gasteiger partial charge in [-0.15, -0.1) is 0 Å². The van der Waals surface area contributed by atoms with E-state index in [4.69, 9.17) is 4.74 Å². The minimum Gasteiger partial charge on any atom is -0.383 e. The van der Waals surface area contributed by atoms with Gasteiger partial charge >= 0.3 is 6.03 Å². The molecule has 0 unspecified atom stereocenters. The van der Waals surface area contributed by atoms with Crippen molar-refractivity contribution in [2.45, 2.75) is 39.3 Å². The molecule has 1 aliphatic rings. The molecule has 3 rings (SSSR count). The van der Waals surface area contributed by atoms with Crippen molar-refractivity contribution in [2.24, 2.45) is 7.05 Å². The maximum absolute atomic E-state index is 13.1. The van der Waals surface area contributed by atoms with Gasteiger partial charge in [0.05, 0.1) is 13.2 Å². The molecule has 1 aromatic carbocycles. The van der Waals surface area contributed by atoms with Crippen LogP contribution in [0.4, 0.5) is 10.5 Å². The fraction of sp³-hybridized carbons (Fsp3) is 0.478.